The molecule has 0 spiro atoms. The molecule has 1 nitrogen and oxygen atoms in total. The van der Waals surface area contributed by atoms with E-state index in [1.54, 1.807) is 0 Å². The Kier molecular flexibility index (Phi) is 5.19. The van der Waals surface area contributed by atoms with Crippen molar-refractivity contribution < 1.29 is 0 Å². The van der Waals surface area contributed by atoms with E-state index in [1.165, 1.54) is 60.1 Å². The van der Waals surface area contributed by atoms with Gasteiger partial charge in [-0.1, -0.05) is 103 Å². The Morgan fingerprint density at radius 1 is 0.541 bits per heavy atom. The number of thioether (sulfide) groups is 1. The van der Waals surface area contributed by atoms with E-state index in [1.807, 2.05) is 11.8 Å². The van der Waals surface area contributed by atoms with Crippen molar-refractivity contribution in [1.29, 1.82) is 0 Å². The summed E-state index contributed by atoms with van der Waals surface area (Å²) in [6.45, 7) is 4.41. The first kappa shape index (κ1) is 22.3. The summed E-state index contributed by atoms with van der Waals surface area (Å²) in [4.78, 5) is 4.94. The molecule has 0 fully saturated rings. The maximum absolute atomic E-state index is 4.94. The second-order valence-corrected chi connectivity index (χ2v) is 11.5. The van der Waals surface area contributed by atoms with Crippen molar-refractivity contribution in [3.05, 3.63) is 121 Å². The first-order chi connectivity index (χ1) is 18.1. The second-order valence-electron chi connectivity index (χ2n) is 10.5. The van der Waals surface area contributed by atoms with Crippen molar-refractivity contribution in [2.75, 3.05) is 5.75 Å². The Bertz CT molecular complexity index is 1790. The smallest absolute Gasteiger partial charge is 0.0984 e. The summed E-state index contributed by atoms with van der Waals surface area (Å²) < 4.78 is 0. The molecule has 0 bridgehead atoms. The molecule has 178 valence electrons. The SMILES string of the molecule is CC1(C)CSC(c2ccc3cc(-c4c5ccccc5c(-c5ccccc5)c5ccccc45)ccc3c2)=N1. The Balaban J connectivity index is 1.45. The maximum Gasteiger partial charge on any atom is 0.0984 e. The van der Waals surface area contributed by atoms with Crippen LogP contribution >= 0.6 is 11.8 Å². The average molecular weight is 494 g/mol. The fourth-order valence-electron chi connectivity index (χ4n) is 5.62. The van der Waals surface area contributed by atoms with E-state index in [0.717, 1.165) is 10.8 Å². The standard InChI is InChI=1S/C35H27NS/c1-35(2)22-37-34(36-35)27-19-17-24-20-26(18-16-25(24)21-27)33-30-14-8-6-12-28(30)32(23-10-4-3-5-11-23)29-13-7-9-15-31(29)33/h3-21H,22H2,1-2H3. The summed E-state index contributed by atoms with van der Waals surface area (Å²) in [5.41, 5.74) is 6.35. The first-order valence-corrected chi connectivity index (χ1v) is 13.8. The molecule has 6 aromatic carbocycles. The van der Waals surface area contributed by atoms with Crippen LogP contribution in [0.25, 0.3) is 54.6 Å². The van der Waals surface area contributed by atoms with Gasteiger partial charge in [0.15, 0.2) is 0 Å². The third-order valence-electron chi connectivity index (χ3n) is 7.34. The zero-order valence-electron chi connectivity index (χ0n) is 21.0. The molecule has 1 aliphatic rings. The summed E-state index contributed by atoms with van der Waals surface area (Å²) in [6.07, 6.45) is 0. The molecule has 2 heteroatoms. The Morgan fingerprint density at radius 3 is 1.57 bits per heavy atom. The van der Waals surface area contributed by atoms with Crippen molar-refractivity contribution in [2.45, 2.75) is 19.4 Å². The summed E-state index contributed by atoms with van der Waals surface area (Å²) in [6, 6.07) is 42.2. The predicted octanol–water partition coefficient (Wildman–Crippen LogP) is 9.75. The molecule has 0 saturated heterocycles. The Morgan fingerprint density at radius 2 is 1.03 bits per heavy atom. The van der Waals surface area contributed by atoms with Crippen LogP contribution in [-0.4, -0.2) is 16.3 Å². The van der Waals surface area contributed by atoms with E-state index >= 15 is 0 Å². The number of benzene rings is 6. The van der Waals surface area contributed by atoms with Crippen molar-refractivity contribution >= 4 is 49.1 Å². The van der Waals surface area contributed by atoms with Gasteiger partial charge in [-0.2, -0.15) is 0 Å². The van der Waals surface area contributed by atoms with Crippen LogP contribution in [0.5, 0.6) is 0 Å². The van der Waals surface area contributed by atoms with Crippen LogP contribution in [0.15, 0.2) is 120 Å². The highest BCUT2D eigenvalue weighted by Gasteiger charge is 2.26. The summed E-state index contributed by atoms with van der Waals surface area (Å²) in [5, 5.41) is 8.82. The third-order valence-corrected chi connectivity index (χ3v) is 8.79. The lowest BCUT2D eigenvalue weighted by atomic mass is 9.85. The maximum atomic E-state index is 4.94. The Hall–Kier alpha value is -3.88. The van der Waals surface area contributed by atoms with E-state index in [4.69, 9.17) is 4.99 Å². The molecular formula is C35H27NS. The zero-order valence-corrected chi connectivity index (χ0v) is 21.8. The third kappa shape index (κ3) is 3.84. The van der Waals surface area contributed by atoms with Gasteiger partial charge < -0.3 is 0 Å². The average Bonchev–Trinajstić information content (AvgIpc) is 3.31. The van der Waals surface area contributed by atoms with Crippen molar-refractivity contribution in [3.63, 3.8) is 0 Å². The van der Waals surface area contributed by atoms with E-state index < -0.39 is 0 Å². The topological polar surface area (TPSA) is 12.4 Å². The number of nitrogens with zero attached hydrogens (tertiary/aromatic N) is 1. The summed E-state index contributed by atoms with van der Waals surface area (Å²) in [5.74, 6) is 1.04. The lowest BCUT2D eigenvalue weighted by molar-refractivity contribution is 0.605. The molecule has 0 aliphatic carbocycles. The number of hydrogen-bond acceptors (Lipinski definition) is 2. The largest absolute Gasteiger partial charge is 0.271 e. The van der Waals surface area contributed by atoms with Gasteiger partial charge in [0.25, 0.3) is 0 Å². The van der Waals surface area contributed by atoms with Gasteiger partial charge in [-0.25, -0.2) is 0 Å². The number of hydrogen-bond donors (Lipinski definition) is 0. The van der Waals surface area contributed by atoms with Gasteiger partial charge >= 0.3 is 0 Å². The molecule has 6 aromatic rings. The van der Waals surface area contributed by atoms with Crippen molar-refractivity contribution in [1.82, 2.24) is 0 Å². The van der Waals surface area contributed by atoms with Gasteiger partial charge in [0.05, 0.1) is 10.6 Å². The summed E-state index contributed by atoms with van der Waals surface area (Å²) in [7, 11) is 0. The van der Waals surface area contributed by atoms with E-state index in [2.05, 4.69) is 129 Å². The van der Waals surface area contributed by atoms with Crippen LogP contribution in [-0.2, 0) is 0 Å². The summed E-state index contributed by atoms with van der Waals surface area (Å²) >= 11 is 1.86. The molecule has 0 amide bonds. The first-order valence-electron chi connectivity index (χ1n) is 12.8. The molecule has 0 saturated carbocycles. The minimum Gasteiger partial charge on any atom is -0.271 e. The van der Waals surface area contributed by atoms with Gasteiger partial charge in [-0.3, -0.25) is 4.99 Å². The van der Waals surface area contributed by atoms with Crippen LogP contribution < -0.4 is 0 Å². The van der Waals surface area contributed by atoms with Gasteiger partial charge in [-0.15, -0.1) is 11.8 Å². The predicted molar refractivity (Wildman–Crippen MR) is 163 cm³/mol. The van der Waals surface area contributed by atoms with Crippen LogP contribution in [0.4, 0.5) is 0 Å². The van der Waals surface area contributed by atoms with Crippen LogP contribution in [0.2, 0.25) is 0 Å². The highest BCUT2D eigenvalue weighted by molar-refractivity contribution is 8.14. The highest BCUT2D eigenvalue weighted by atomic mass is 32.2. The normalized spacial score (nSPS) is 14.9. The molecule has 0 unspecified atom stereocenters. The molecule has 0 atom stereocenters. The van der Waals surface area contributed by atoms with Gasteiger partial charge in [0.2, 0.25) is 0 Å². The molecule has 0 radical (unpaired) electrons. The van der Waals surface area contributed by atoms with Gasteiger partial charge in [0, 0.05) is 11.3 Å². The van der Waals surface area contributed by atoms with Crippen LogP contribution in [0.1, 0.15) is 19.4 Å². The van der Waals surface area contributed by atoms with Crippen LogP contribution in [0, 0.1) is 0 Å². The minimum absolute atomic E-state index is 0.0207. The van der Waals surface area contributed by atoms with E-state index in [9.17, 15) is 0 Å². The van der Waals surface area contributed by atoms with Gasteiger partial charge in [-0.05, 0) is 80.6 Å². The molecule has 7 rings (SSSR count). The number of rotatable bonds is 3. The number of aliphatic imine (C=N–C) groups is 1. The molecule has 1 aliphatic heterocycles. The van der Waals surface area contributed by atoms with Gasteiger partial charge in [0.1, 0.15) is 0 Å². The quantitative estimate of drug-likeness (QED) is 0.223. The number of fused-ring (bicyclic) bond motifs is 3. The lowest BCUT2D eigenvalue weighted by Crippen LogP contribution is -2.15. The fourth-order valence-corrected chi connectivity index (χ4v) is 6.78. The zero-order chi connectivity index (χ0) is 25.0. The van der Waals surface area contributed by atoms with Crippen LogP contribution in [0.3, 0.4) is 0 Å². The minimum atomic E-state index is 0.0207. The Labute approximate surface area is 221 Å². The molecule has 37 heavy (non-hydrogen) atoms. The second kappa shape index (κ2) is 8.61. The molecular weight excluding hydrogens is 466 g/mol. The van der Waals surface area contributed by atoms with Crippen molar-refractivity contribution in [2.24, 2.45) is 4.99 Å². The van der Waals surface area contributed by atoms with Crippen molar-refractivity contribution in [3.8, 4) is 22.3 Å². The molecule has 0 aromatic heterocycles. The highest BCUT2D eigenvalue weighted by Crippen LogP contribution is 2.44. The lowest BCUT2D eigenvalue weighted by Gasteiger charge is -2.18. The molecule has 0 N–H and O–H groups in total. The fraction of sp³-hybridized carbons (Fsp3) is 0.114. The monoisotopic (exact) mass is 493 g/mol. The van der Waals surface area contributed by atoms with E-state index in [0.29, 0.717) is 0 Å². The molecule has 1 heterocycles. The van der Waals surface area contributed by atoms with E-state index in [-0.39, 0.29) is 5.54 Å².